The van der Waals surface area contributed by atoms with Gasteiger partial charge in [-0.1, -0.05) is 0 Å². The zero-order valence-electron chi connectivity index (χ0n) is 10.3. The average Bonchev–Trinajstić information content (AvgIpc) is 2.98. The van der Waals surface area contributed by atoms with Crippen molar-refractivity contribution in [3.63, 3.8) is 0 Å². The maximum Gasteiger partial charge on any atom is 0.279 e. The van der Waals surface area contributed by atoms with E-state index < -0.39 is 15.8 Å². The fourth-order valence-corrected chi connectivity index (χ4v) is 3.68. The smallest absolute Gasteiger partial charge is 0.279 e. The van der Waals surface area contributed by atoms with Gasteiger partial charge in [-0.2, -0.15) is 17.4 Å². The summed E-state index contributed by atoms with van der Waals surface area (Å²) in [6.45, 7) is 4.80. The third-order valence-corrected chi connectivity index (χ3v) is 4.54. The van der Waals surface area contributed by atoms with E-state index in [2.05, 4.69) is 4.72 Å². The third-order valence-electron chi connectivity index (χ3n) is 2.95. The van der Waals surface area contributed by atoms with Gasteiger partial charge in [0, 0.05) is 25.7 Å². The van der Waals surface area contributed by atoms with Gasteiger partial charge in [0.1, 0.15) is 0 Å². The molecule has 6 nitrogen and oxygen atoms in total. The predicted molar refractivity (Wildman–Crippen MR) is 64.7 cm³/mol. The number of ether oxygens (including phenoxy) is 1. The second kappa shape index (κ2) is 4.47. The molecule has 1 aliphatic heterocycles. The number of nitrogens with two attached hydrogens (primary N) is 1. The number of morpholine rings is 1. The highest BCUT2D eigenvalue weighted by atomic mass is 32.2. The van der Waals surface area contributed by atoms with Gasteiger partial charge in [-0.05, 0) is 26.7 Å². The Morgan fingerprint density at radius 1 is 1.47 bits per heavy atom. The minimum Gasteiger partial charge on any atom is -0.368 e. The zero-order chi connectivity index (χ0) is 12.7. The van der Waals surface area contributed by atoms with Gasteiger partial charge in [0.2, 0.25) is 0 Å². The Morgan fingerprint density at radius 2 is 2.12 bits per heavy atom. The Morgan fingerprint density at radius 3 is 2.65 bits per heavy atom. The van der Waals surface area contributed by atoms with Gasteiger partial charge in [0.25, 0.3) is 10.2 Å². The van der Waals surface area contributed by atoms with Crippen LogP contribution in [0.15, 0.2) is 0 Å². The van der Waals surface area contributed by atoms with Gasteiger partial charge in [0.15, 0.2) is 0 Å². The molecule has 7 heteroatoms. The first-order chi connectivity index (χ1) is 7.82. The van der Waals surface area contributed by atoms with Crippen LogP contribution in [0.3, 0.4) is 0 Å². The van der Waals surface area contributed by atoms with Crippen LogP contribution in [0, 0.1) is 0 Å². The van der Waals surface area contributed by atoms with Crippen LogP contribution in [0.5, 0.6) is 0 Å². The second-order valence-electron chi connectivity index (χ2n) is 5.42. The summed E-state index contributed by atoms with van der Waals surface area (Å²) in [5.41, 5.74) is 5.09. The number of hydrogen-bond donors (Lipinski definition) is 2. The monoisotopic (exact) mass is 263 g/mol. The third kappa shape index (κ3) is 3.38. The molecule has 1 saturated carbocycles. The minimum absolute atomic E-state index is 0.127. The summed E-state index contributed by atoms with van der Waals surface area (Å²) in [6, 6.07) is 0.127. The van der Waals surface area contributed by atoms with E-state index in [-0.39, 0.29) is 12.1 Å². The highest BCUT2D eigenvalue weighted by Crippen LogP contribution is 2.25. The highest BCUT2D eigenvalue weighted by Gasteiger charge is 2.40. The van der Waals surface area contributed by atoms with E-state index in [0.29, 0.717) is 19.6 Å². The molecule has 1 unspecified atom stereocenters. The molecule has 0 amide bonds. The van der Waals surface area contributed by atoms with Crippen molar-refractivity contribution in [2.24, 2.45) is 5.73 Å². The fourth-order valence-electron chi connectivity index (χ4n) is 2.03. The van der Waals surface area contributed by atoms with Gasteiger partial charge in [0.05, 0.1) is 11.7 Å². The Bertz CT molecular complexity index is 378. The van der Waals surface area contributed by atoms with E-state index >= 15 is 0 Å². The Hall–Kier alpha value is -0.210. The van der Waals surface area contributed by atoms with E-state index in [1.54, 1.807) is 0 Å². The van der Waals surface area contributed by atoms with E-state index in [1.807, 2.05) is 13.8 Å². The molecule has 0 bridgehead atoms. The lowest BCUT2D eigenvalue weighted by molar-refractivity contribution is -0.113. The maximum atomic E-state index is 12.1. The van der Waals surface area contributed by atoms with Crippen molar-refractivity contribution in [3.8, 4) is 0 Å². The van der Waals surface area contributed by atoms with Gasteiger partial charge in [-0.25, -0.2) is 0 Å². The fraction of sp³-hybridized carbons (Fsp3) is 1.00. The molecule has 0 spiro atoms. The van der Waals surface area contributed by atoms with Crippen LogP contribution in [0.1, 0.15) is 26.7 Å². The lowest BCUT2D eigenvalue weighted by atomic mass is 10.1. The molecule has 1 aliphatic carbocycles. The minimum atomic E-state index is -3.39. The van der Waals surface area contributed by atoms with Gasteiger partial charge in [-0.3, -0.25) is 0 Å². The van der Waals surface area contributed by atoms with Crippen molar-refractivity contribution in [3.05, 3.63) is 0 Å². The quantitative estimate of drug-likeness (QED) is 0.711. The Labute approximate surface area is 103 Å². The summed E-state index contributed by atoms with van der Waals surface area (Å²) < 4.78 is 34.1. The maximum absolute atomic E-state index is 12.1. The normalized spacial score (nSPS) is 30.4. The molecule has 0 aromatic rings. The molecule has 1 saturated heterocycles. The lowest BCUT2D eigenvalue weighted by Gasteiger charge is -2.41. The average molecular weight is 263 g/mol. The van der Waals surface area contributed by atoms with Crippen molar-refractivity contribution in [1.82, 2.24) is 9.03 Å². The Kier molecular flexibility index (Phi) is 3.48. The van der Waals surface area contributed by atoms with Crippen molar-refractivity contribution < 1.29 is 13.2 Å². The van der Waals surface area contributed by atoms with E-state index in [9.17, 15) is 8.42 Å². The summed E-state index contributed by atoms with van der Waals surface area (Å²) in [6.07, 6.45) is 1.65. The molecule has 2 aliphatic rings. The van der Waals surface area contributed by atoms with E-state index in [4.69, 9.17) is 10.5 Å². The zero-order valence-corrected chi connectivity index (χ0v) is 11.2. The predicted octanol–water partition coefficient (Wildman–Crippen LogP) is -0.579. The van der Waals surface area contributed by atoms with Crippen LogP contribution in [-0.2, 0) is 14.9 Å². The van der Waals surface area contributed by atoms with Crippen LogP contribution in [0.25, 0.3) is 0 Å². The summed E-state index contributed by atoms with van der Waals surface area (Å²) in [7, 11) is -3.39. The van der Waals surface area contributed by atoms with Crippen LogP contribution in [0.2, 0.25) is 0 Å². The highest BCUT2D eigenvalue weighted by molar-refractivity contribution is 7.87. The molecule has 1 heterocycles. The molecule has 3 N–H and O–H groups in total. The summed E-state index contributed by atoms with van der Waals surface area (Å²) in [4.78, 5) is 0. The molecule has 100 valence electrons. The molecule has 0 radical (unpaired) electrons. The van der Waals surface area contributed by atoms with Crippen molar-refractivity contribution in [1.29, 1.82) is 0 Å². The lowest BCUT2D eigenvalue weighted by Crippen LogP contribution is -2.58. The molecular formula is C10H21N3O3S. The molecule has 2 fully saturated rings. The number of nitrogens with zero attached hydrogens (tertiary/aromatic N) is 1. The van der Waals surface area contributed by atoms with Crippen LogP contribution in [0.4, 0.5) is 0 Å². The number of hydrogen-bond acceptors (Lipinski definition) is 4. The molecule has 0 aromatic heterocycles. The van der Waals surface area contributed by atoms with Gasteiger partial charge in [-0.15, -0.1) is 0 Å². The molecular weight excluding hydrogens is 242 g/mol. The first-order valence-electron chi connectivity index (χ1n) is 5.98. The number of nitrogens with one attached hydrogen (secondary N) is 1. The Balaban J connectivity index is 2.08. The topological polar surface area (TPSA) is 84.7 Å². The van der Waals surface area contributed by atoms with Gasteiger partial charge >= 0.3 is 0 Å². The molecule has 1 atom stereocenters. The SMILES string of the molecule is CC1(C)CN(S(=O)(=O)NC2CC2)CC(CN)O1. The van der Waals surface area contributed by atoms with Crippen LogP contribution >= 0.6 is 0 Å². The second-order valence-corrected chi connectivity index (χ2v) is 7.13. The van der Waals surface area contributed by atoms with Crippen LogP contribution in [-0.4, -0.2) is 50.1 Å². The largest absolute Gasteiger partial charge is 0.368 e. The van der Waals surface area contributed by atoms with Gasteiger partial charge < -0.3 is 10.5 Å². The summed E-state index contributed by atoms with van der Waals surface area (Å²) in [5.74, 6) is 0. The number of rotatable bonds is 4. The molecule has 0 aromatic carbocycles. The molecule has 2 rings (SSSR count). The van der Waals surface area contributed by atoms with E-state index in [1.165, 1.54) is 4.31 Å². The van der Waals surface area contributed by atoms with Crippen molar-refractivity contribution in [2.45, 2.75) is 44.4 Å². The van der Waals surface area contributed by atoms with Crippen LogP contribution < -0.4 is 10.5 Å². The van der Waals surface area contributed by atoms with Crippen molar-refractivity contribution >= 4 is 10.2 Å². The molecule has 17 heavy (non-hydrogen) atoms. The van der Waals surface area contributed by atoms with E-state index in [0.717, 1.165) is 12.8 Å². The summed E-state index contributed by atoms with van der Waals surface area (Å²) in [5, 5.41) is 0. The summed E-state index contributed by atoms with van der Waals surface area (Å²) >= 11 is 0. The van der Waals surface area contributed by atoms with Crippen molar-refractivity contribution in [2.75, 3.05) is 19.6 Å². The first-order valence-corrected chi connectivity index (χ1v) is 7.42. The standard InChI is InChI=1S/C10H21N3O3S/c1-10(2)7-13(6-9(5-11)16-10)17(14,15)12-8-3-4-8/h8-9,12H,3-7,11H2,1-2H3. The first kappa shape index (κ1) is 13.2.